The highest BCUT2D eigenvalue weighted by molar-refractivity contribution is 8.00. The molecule has 0 aromatic heterocycles. The molecule has 0 amide bonds. The lowest BCUT2D eigenvalue weighted by Gasteiger charge is -2.33. The van der Waals surface area contributed by atoms with Crippen LogP contribution in [-0.2, 0) is 0 Å². The van der Waals surface area contributed by atoms with Gasteiger partial charge in [-0.25, -0.2) is 0 Å². The summed E-state index contributed by atoms with van der Waals surface area (Å²) in [4.78, 5) is 0. The Balaban J connectivity index is 1.82. The van der Waals surface area contributed by atoms with E-state index in [0.29, 0.717) is 0 Å². The van der Waals surface area contributed by atoms with Gasteiger partial charge in [-0.1, -0.05) is 32.1 Å². The third-order valence-corrected chi connectivity index (χ3v) is 5.86. The van der Waals surface area contributed by atoms with E-state index < -0.39 is 0 Å². The highest BCUT2D eigenvalue weighted by atomic mass is 32.2. The summed E-state index contributed by atoms with van der Waals surface area (Å²) < 4.78 is 0.178. The van der Waals surface area contributed by atoms with Crippen LogP contribution in [0.5, 0.6) is 0 Å². The fourth-order valence-electron chi connectivity index (χ4n) is 3.05. The molecule has 1 N–H and O–H groups in total. The third-order valence-electron chi connectivity index (χ3n) is 4.24. The normalized spacial score (nSPS) is 35.6. The molecule has 1 aliphatic heterocycles. The summed E-state index contributed by atoms with van der Waals surface area (Å²) >= 11 is 1.99. The van der Waals surface area contributed by atoms with Gasteiger partial charge in [0.25, 0.3) is 0 Å². The van der Waals surface area contributed by atoms with Crippen molar-refractivity contribution >= 4 is 11.8 Å². The minimum atomic E-state index is -0.0619. The van der Waals surface area contributed by atoms with Crippen molar-refractivity contribution in [1.29, 1.82) is 0 Å². The molecule has 2 aliphatic rings. The average Bonchev–Trinajstić information content (AvgIpc) is 2.68. The number of rotatable bonds is 3. The average molecular weight is 228 g/mol. The lowest BCUT2D eigenvalue weighted by molar-refractivity contribution is 0.0960. The lowest BCUT2D eigenvalue weighted by atomic mass is 9.82. The molecular formula is C13H24OS. The van der Waals surface area contributed by atoms with Gasteiger partial charge in [0.1, 0.15) is 0 Å². The number of aliphatic hydroxyl groups is 1. The number of hydrogen-bond acceptors (Lipinski definition) is 2. The van der Waals surface area contributed by atoms with Crippen LogP contribution in [-0.4, -0.2) is 21.7 Å². The van der Waals surface area contributed by atoms with Crippen molar-refractivity contribution in [2.24, 2.45) is 5.92 Å². The van der Waals surface area contributed by atoms with E-state index in [2.05, 4.69) is 6.92 Å². The van der Waals surface area contributed by atoms with Crippen molar-refractivity contribution in [3.8, 4) is 0 Å². The molecule has 1 saturated heterocycles. The Kier molecular flexibility index (Phi) is 4.00. The van der Waals surface area contributed by atoms with Gasteiger partial charge in [0.2, 0.25) is 0 Å². The molecule has 1 nitrogen and oxygen atoms in total. The summed E-state index contributed by atoms with van der Waals surface area (Å²) in [7, 11) is 0. The zero-order valence-corrected chi connectivity index (χ0v) is 10.7. The van der Waals surface area contributed by atoms with Crippen LogP contribution >= 0.6 is 11.8 Å². The maximum absolute atomic E-state index is 10.3. The van der Waals surface area contributed by atoms with E-state index >= 15 is 0 Å². The van der Waals surface area contributed by atoms with Gasteiger partial charge in [-0.2, -0.15) is 11.8 Å². The van der Waals surface area contributed by atoms with Gasteiger partial charge in [0, 0.05) is 4.75 Å². The molecule has 2 unspecified atom stereocenters. The van der Waals surface area contributed by atoms with Crippen molar-refractivity contribution < 1.29 is 5.11 Å². The van der Waals surface area contributed by atoms with Gasteiger partial charge >= 0.3 is 0 Å². The van der Waals surface area contributed by atoms with E-state index in [9.17, 15) is 5.11 Å². The lowest BCUT2D eigenvalue weighted by Crippen LogP contribution is -2.35. The molecule has 1 heterocycles. The van der Waals surface area contributed by atoms with Gasteiger partial charge in [-0.15, -0.1) is 0 Å². The van der Waals surface area contributed by atoms with Crippen LogP contribution in [0.1, 0.15) is 58.3 Å². The molecule has 0 aromatic carbocycles. The van der Waals surface area contributed by atoms with E-state index in [-0.39, 0.29) is 10.9 Å². The SMILES string of the molecule is CC1(C(O)CC2CCCCC2)CCCS1. The molecule has 2 atom stereocenters. The number of aliphatic hydroxyl groups excluding tert-OH is 1. The Morgan fingerprint density at radius 1 is 1.27 bits per heavy atom. The molecule has 0 bridgehead atoms. The topological polar surface area (TPSA) is 20.2 Å². The van der Waals surface area contributed by atoms with Crippen molar-refractivity contribution in [1.82, 2.24) is 0 Å². The molecule has 2 rings (SSSR count). The largest absolute Gasteiger partial charge is 0.392 e. The van der Waals surface area contributed by atoms with Gasteiger partial charge in [-0.3, -0.25) is 0 Å². The summed E-state index contributed by atoms with van der Waals surface area (Å²) in [5.41, 5.74) is 0. The monoisotopic (exact) mass is 228 g/mol. The first-order valence-corrected chi connectivity index (χ1v) is 7.51. The van der Waals surface area contributed by atoms with Gasteiger partial charge < -0.3 is 5.11 Å². The van der Waals surface area contributed by atoms with Gasteiger partial charge in [0.05, 0.1) is 6.10 Å². The summed E-state index contributed by atoms with van der Waals surface area (Å²) in [5, 5.41) is 10.3. The van der Waals surface area contributed by atoms with Crippen molar-refractivity contribution in [3.05, 3.63) is 0 Å². The van der Waals surface area contributed by atoms with Crippen LogP contribution in [0.15, 0.2) is 0 Å². The zero-order chi connectivity index (χ0) is 10.7. The standard InChI is InChI=1S/C13H24OS/c1-13(8-5-9-15-13)12(14)10-11-6-3-2-4-7-11/h11-12,14H,2-10H2,1H3. The van der Waals surface area contributed by atoms with E-state index in [4.69, 9.17) is 0 Å². The van der Waals surface area contributed by atoms with E-state index in [1.807, 2.05) is 11.8 Å². The molecule has 1 aliphatic carbocycles. The molecule has 1 saturated carbocycles. The quantitative estimate of drug-likeness (QED) is 0.796. The minimum absolute atomic E-state index is 0.0619. The maximum atomic E-state index is 10.3. The van der Waals surface area contributed by atoms with E-state index in [0.717, 1.165) is 12.3 Å². The molecular weight excluding hydrogens is 204 g/mol. The second kappa shape index (κ2) is 5.09. The van der Waals surface area contributed by atoms with Crippen LogP contribution in [0.3, 0.4) is 0 Å². The summed E-state index contributed by atoms with van der Waals surface area (Å²) in [5.74, 6) is 2.06. The molecule has 0 radical (unpaired) electrons. The van der Waals surface area contributed by atoms with Crippen LogP contribution in [0.4, 0.5) is 0 Å². The van der Waals surface area contributed by atoms with Crippen LogP contribution in [0.2, 0.25) is 0 Å². The highest BCUT2D eigenvalue weighted by Gasteiger charge is 2.37. The van der Waals surface area contributed by atoms with Gasteiger partial charge in [-0.05, 0) is 37.9 Å². The first-order chi connectivity index (χ1) is 7.21. The summed E-state index contributed by atoms with van der Waals surface area (Å²) in [6.45, 7) is 2.26. The predicted molar refractivity (Wildman–Crippen MR) is 67.3 cm³/mol. The molecule has 88 valence electrons. The molecule has 0 spiro atoms. The predicted octanol–water partition coefficient (Wildman–Crippen LogP) is 3.60. The Morgan fingerprint density at radius 2 is 2.00 bits per heavy atom. The van der Waals surface area contributed by atoms with E-state index in [1.165, 1.54) is 50.7 Å². The Morgan fingerprint density at radius 3 is 2.60 bits per heavy atom. The second-order valence-corrected chi connectivity index (χ2v) is 7.15. The van der Waals surface area contributed by atoms with Crippen LogP contribution < -0.4 is 0 Å². The first kappa shape index (κ1) is 11.8. The van der Waals surface area contributed by atoms with Crippen LogP contribution in [0, 0.1) is 5.92 Å². The van der Waals surface area contributed by atoms with Crippen molar-refractivity contribution in [3.63, 3.8) is 0 Å². The van der Waals surface area contributed by atoms with Gasteiger partial charge in [0.15, 0.2) is 0 Å². The first-order valence-electron chi connectivity index (χ1n) is 6.53. The Hall–Kier alpha value is 0.310. The summed E-state index contributed by atoms with van der Waals surface area (Å²) in [6.07, 6.45) is 10.4. The third kappa shape index (κ3) is 2.91. The molecule has 2 fully saturated rings. The van der Waals surface area contributed by atoms with Crippen molar-refractivity contribution in [2.75, 3.05) is 5.75 Å². The Bertz CT molecular complexity index is 193. The fraction of sp³-hybridized carbons (Fsp3) is 1.00. The fourth-order valence-corrected chi connectivity index (χ4v) is 4.38. The maximum Gasteiger partial charge on any atom is 0.0686 e. The van der Waals surface area contributed by atoms with Crippen LogP contribution in [0.25, 0.3) is 0 Å². The number of hydrogen-bond donors (Lipinski definition) is 1. The number of thioether (sulfide) groups is 1. The summed E-state index contributed by atoms with van der Waals surface area (Å²) in [6, 6.07) is 0. The molecule has 15 heavy (non-hydrogen) atoms. The van der Waals surface area contributed by atoms with E-state index in [1.54, 1.807) is 0 Å². The highest BCUT2D eigenvalue weighted by Crippen LogP contribution is 2.43. The molecule has 0 aromatic rings. The smallest absolute Gasteiger partial charge is 0.0686 e. The second-order valence-electron chi connectivity index (χ2n) is 5.52. The van der Waals surface area contributed by atoms with Crippen molar-refractivity contribution in [2.45, 2.75) is 69.1 Å². The zero-order valence-electron chi connectivity index (χ0n) is 9.87. The molecule has 2 heteroatoms. The Labute approximate surface area is 98.0 Å². The minimum Gasteiger partial charge on any atom is -0.392 e.